The summed E-state index contributed by atoms with van der Waals surface area (Å²) < 4.78 is 45.1. The van der Waals surface area contributed by atoms with Gasteiger partial charge in [-0.05, 0) is 24.3 Å². The van der Waals surface area contributed by atoms with E-state index in [1.54, 1.807) is 0 Å². The second kappa shape index (κ2) is 6.24. The van der Waals surface area contributed by atoms with E-state index in [0.717, 1.165) is 16.3 Å². The van der Waals surface area contributed by atoms with E-state index in [1.165, 1.54) is 28.5 Å². The Hall–Kier alpha value is -2.68. The summed E-state index contributed by atoms with van der Waals surface area (Å²) in [6.45, 7) is 0.394. The van der Waals surface area contributed by atoms with E-state index in [1.807, 2.05) is 24.3 Å². The maximum Gasteiger partial charge on any atom is 0.421 e. The number of carbonyl (C=O) groups is 1. The molecule has 0 atom stereocenters. The number of para-hydroxylation sites is 1. The smallest absolute Gasteiger partial charge is 0.421 e. The SMILES string of the molecule is O=C(c1nc2ccccc2s1)N1CC(Oc2ncccc2C(F)(F)F)C1. The Bertz CT molecular complexity index is 934. The minimum atomic E-state index is -4.54. The second-order valence-corrected chi connectivity index (χ2v) is 6.82. The van der Waals surface area contributed by atoms with Gasteiger partial charge in [-0.3, -0.25) is 4.79 Å². The third-order valence-electron chi connectivity index (χ3n) is 3.97. The number of hydrogen-bond donors (Lipinski definition) is 0. The predicted molar refractivity (Wildman–Crippen MR) is 89.2 cm³/mol. The van der Waals surface area contributed by atoms with Crippen LogP contribution in [0.25, 0.3) is 10.2 Å². The van der Waals surface area contributed by atoms with Gasteiger partial charge < -0.3 is 9.64 Å². The Morgan fingerprint density at radius 1 is 1.19 bits per heavy atom. The summed E-state index contributed by atoms with van der Waals surface area (Å²) in [5.41, 5.74) is -0.173. The van der Waals surface area contributed by atoms with Crippen molar-refractivity contribution in [2.24, 2.45) is 0 Å². The molecule has 0 saturated carbocycles. The second-order valence-electron chi connectivity index (χ2n) is 5.79. The van der Waals surface area contributed by atoms with E-state index in [-0.39, 0.29) is 19.0 Å². The number of rotatable bonds is 3. The molecule has 0 N–H and O–H groups in total. The molecule has 0 spiro atoms. The van der Waals surface area contributed by atoms with Gasteiger partial charge in [0.2, 0.25) is 5.88 Å². The van der Waals surface area contributed by atoms with Gasteiger partial charge in [0.1, 0.15) is 11.7 Å². The summed E-state index contributed by atoms with van der Waals surface area (Å²) >= 11 is 1.29. The van der Waals surface area contributed by atoms with Crippen LogP contribution in [0.4, 0.5) is 13.2 Å². The van der Waals surface area contributed by atoms with Crippen LogP contribution < -0.4 is 4.74 Å². The number of hydrogen-bond acceptors (Lipinski definition) is 5. The summed E-state index contributed by atoms with van der Waals surface area (Å²) in [5.74, 6) is -0.708. The van der Waals surface area contributed by atoms with E-state index in [2.05, 4.69) is 9.97 Å². The van der Waals surface area contributed by atoms with E-state index in [9.17, 15) is 18.0 Å². The molecule has 0 bridgehead atoms. The number of fused-ring (bicyclic) bond motifs is 1. The van der Waals surface area contributed by atoms with Crippen LogP contribution in [0.1, 0.15) is 15.4 Å². The molecule has 9 heteroatoms. The molecule has 1 aliphatic heterocycles. The van der Waals surface area contributed by atoms with Crippen molar-refractivity contribution in [1.29, 1.82) is 0 Å². The van der Waals surface area contributed by atoms with E-state index in [4.69, 9.17) is 4.74 Å². The van der Waals surface area contributed by atoms with Crippen LogP contribution >= 0.6 is 11.3 Å². The van der Waals surface area contributed by atoms with Crippen molar-refractivity contribution < 1.29 is 22.7 Å². The van der Waals surface area contributed by atoms with Crippen molar-refractivity contribution >= 4 is 27.5 Å². The zero-order chi connectivity index (χ0) is 18.3. The van der Waals surface area contributed by atoms with Gasteiger partial charge in [-0.2, -0.15) is 13.2 Å². The average molecular weight is 379 g/mol. The van der Waals surface area contributed by atoms with E-state index < -0.39 is 23.7 Å². The molecule has 3 aromatic rings. The van der Waals surface area contributed by atoms with Crippen molar-refractivity contribution in [2.75, 3.05) is 13.1 Å². The highest BCUT2D eigenvalue weighted by Gasteiger charge is 2.39. The monoisotopic (exact) mass is 379 g/mol. The van der Waals surface area contributed by atoms with Gasteiger partial charge in [-0.25, -0.2) is 9.97 Å². The Labute approximate surface area is 150 Å². The largest absolute Gasteiger partial charge is 0.470 e. The first-order valence-corrected chi connectivity index (χ1v) is 8.57. The minimum absolute atomic E-state index is 0.197. The molecule has 1 saturated heterocycles. The number of aromatic nitrogens is 2. The molecule has 0 radical (unpaired) electrons. The molecule has 2 aromatic heterocycles. The zero-order valence-electron chi connectivity index (χ0n) is 13.2. The van der Waals surface area contributed by atoms with Crippen LogP contribution in [-0.2, 0) is 6.18 Å². The molecule has 5 nitrogen and oxygen atoms in total. The predicted octanol–water partition coefficient (Wildman–Crippen LogP) is 3.61. The number of nitrogens with zero attached hydrogens (tertiary/aromatic N) is 3. The maximum absolute atomic E-state index is 13.0. The molecule has 3 heterocycles. The van der Waals surface area contributed by atoms with Crippen LogP contribution in [-0.4, -0.2) is 40.0 Å². The normalized spacial score (nSPS) is 15.1. The van der Waals surface area contributed by atoms with E-state index in [0.29, 0.717) is 5.01 Å². The number of pyridine rings is 1. The molecule has 1 fully saturated rings. The highest BCUT2D eigenvalue weighted by atomic mass is 32.1. The molecule has 0 aliphatic carbocycles. The first-order valence-electron chi connectivity index (χ1n) is 7.75. The summed E-state index contributed by atoms with van der Waals surface area (Å²) in [6, 6.07) is 9.54. The number of thiazole rings is 1. The molecule has 1 aliphatic rings. The van der Waals surface area contributed by atoms with Gasteiger partial charge in [0, 0.05) is 6.20 Å². The molecule has 134 valence electrons. The van der Waals surface area contributed by atoms with Gasteiger partial charge in [0.05, 0.1) is 23.3 Å². The van der Waals surface area contributed by atoms with Crippen molar-refractivity contribution in [2.45, 2.75) is 12.3 Å². The van der Waals surface area contributed by atoms with Crippen LogP contribution in [0.15, 0.2) is 42.6 Å². The lowest BCUT2D eigenvalue weighted by molar-refractivity contribution is -0.140. The standard InChI is InChI=1S/C17H12F3N3O2S/c18-17(19,20)11-4-3-7-21-14(11)25-10-8-23(9-10)16(24)15-22-12-5-1-2-6-13(12)26-15/h1-7,10H,8-9H2. The summed E-state index contributed by atoms with van der Waals surface area (Å²) in [4.78, 5) is 21.9. The summed E-state index contributed by atoms with van der Waals surface area (Å²) in [7, 11) is 0. The Morgan fingerprint density at radius 2 is 1.96 bits per heavy atom. The number of alkyl halides is 3. The van der Waals surface area contributed by atoms with Crippen molar-refractivity contribution in [3.8, 4) is 5.88 Å². The van der Waals surface area contributed by atoms with Gasteiger partial charge in [0.15, 0.2) is 5.01 Å². The molecular weight excluding hydrogens is 367 g/mol. The number of benzene rings is 1. The van der Waals surface area contributed by atoms with Crippen LogP contribution in [0.2, 0.25) is 0 Å². The summed E-state index contributed by atoms with van der Waals surface area (Å²) in [6.07, 6.45) is -3.82. The fourth-order valence-electron chi connectivity index (χ4n) is 2.64. The third-order valence-corrected chi connectivity index (χ3v) is 4.99. The molecule has 1 aromatic carbocycles. The topological polar surface area (TPSA) is 55.3 Å². The molecule has 4 rings (SSSR count). The molecular formula is C17H12F3N3O2S. The highest BCUT2D eigenvalue weighted by molar-refractivity contribution is 7.20. The number of carbonyl (C=O) groups excluding carboxylic acids is 1. The lowest BCUT2D eigenvalue weighted by Crippen LogP contribution is -2.56. The zero-order valence-corrected chi connectivity index (χ0v) is 14.0. The first-order chi connectivity index (χ1) is 12.4. The van der Waals surface area contributed by atoms with Gasteiger partial charge >= 0.3 is 6.18 Å². The maximum atomic E-state index is 13.0. The number of likely N-dealkylation sites (tertiary alicyclic amines) is 1. The lowest BCUT2D eigenvalue weighted by atomic mass is 10.1. The van der Waals surface area contributed by atoms with Crippen LogP contribution in [0.3, 0.4) is 0 Å². The van der Waals surface area contributed by atoms with Gasteiger partial charge in [-0.1, -0.05) is 12.1 Å². The third kappa shape index (κ3) is 3.10. The fourth-order valence-corrected chi connectivity index (χ4v) is 3.57. The van der Waals surface area contributed by atoms with Crippen LogP contribution in [0, 0.1) is 0 Å². The van der Waals surface area contributed by atoms with Gasteiger partial charge in [0.25, 0.3) is 5.91 Å². The van der Waals surface area contributed by atoms with Crippen molar-refractivity contribution in [3.05, 3.63) is 53.2 Å². The number of halogens is 3. The Balaban J connectivity index is 1.42. The quantitative estimate of drug-likeness (QED) is 0.698. The van der Waals surface area contributed by atoms with Crippen molar-refractivity contribution in [3.63, 3.8) is 0 Å². The molecule has 0 unspecified atom stereocenters. The first kappa shape index (κ1) is 16.8. The van der Waals surface area contributed by atoms with Crippen molar-refractivity contribution in [1.82, 2.24) is 14.9 Å². The Kier molecular flexibility index (Phi) is 4.03. The van der Waals surface area contributed by atoms with Crippen LogP contribution in [0.5, 0.6) is 5.88 Å². The highest BCUT2D eigenvalue weighted by Crippen LogP contribution is 2.35. The van der Waals surface area contributed by atoms with Gasteiger partial charge in [-0.15, -0.1) is 11.3 Å². The van der Waals surface area contributed by atoms with E-state index >= 15 is 0 Å². The fraction of sp³-hybridized carbons (Fsp3) is 0.235. The minimum Gasteiger partial charge on any atom is -0.470 e. The summed E-state index contributed by atoms with van der Waals surface area (Å²) in [5, 5.41) is 0.360. The average Bonchev–Trinajstić information content (AvgIpc) is 3.01. The Morgan fingerprint density at radius 3 is 2.69 bits per heavy atom. The molecule has 26 heavy (non-hydrogen) atoms. The number of ether oxygens (including phenoxy) is 1. The molecule has 1 amide bonds. The lowest BCUT2D eigenvalue weighted by Gasteiger charge is -2.38. The number of amides is 1.